The Balaban J connectivity index is 1.62. The number of ether oxygens (including phenoxy) is 3. The fourth-order valence-corrected chi connectivity index (χ4v) is 4.68. The number of halogens is 1. The highest BCUT2D eigenvalue weighted by atomic mass is 19.1. The van der Waals surface area contributed by atoms with Gasteiger partial charge in [-0.2, -0.15) is 4.90 Å². The monoisotopic (exact) mass is 591 g/mol. The first kappa shape index (κ1) is 31.5. The summed E-state index contributed by atoms with van der Waals surface area (Å²) in [5, 5.41) is 0. The molecule has 0 saturated carbocycles. The van der Waals surface area contributed by atoms with Crippen LogP contribution < -0.4 is 9.80 Å². The van der Waals surface area contributed by atoms with E-state index in [1.165, 1.54) is 12.3 Å². The number of amides is 3. The Labute approximate surface area is 251 Å². The average Bonchev–Trinajstić information content (AvgIpc) is 2.92. The second kappa shape index (κ2) is 12.8. The first-order valence-corrected chi connectivity index (χ1v) is 14.2. The summed E-state index contributed by atoms with van der Waals surface area (Å²) in [6.45, 7) is 10.5. The van der Waals surface area contributed by atoms with Gasteiger partial charge in [-0.1, -0.05) is 42.5 Å². The van der Waals surface area contributed by atoms with E-state index in [0.29, 0.717) is 30.0 Å². The molecule has 43 heavy (non-hydrogen) atoms. The number of carbonyl (C=O) groups is 3. The number of fused-ring (bicyclic) bond motifs is 1. The Bertz CT molecular complexity index is 1450. The van der Waals surface area contributed by atoms with Crippen LogP contribution in [0, 0.1) is 5.82 Å². The quantitative estimate of drug-likeness (QED) is 0.282. The molecular weight excluding hydrogens is 553 g/mol. The lowest BCUT2D eigenvalue weighted by Gasteiger charge is -2.30. The van der Waals surface area contributed by atoms with E-state index < -0.39 is 41.1 Å². The van der Waals surface area contributed by atoms with Crippen LogP contribution in [0.15, 0.2) is 60.8 Å². The molecule has 0 N–H and O–H groups in total. The lowest BCUT2D eigenvalue weighted by atomic mass is 9.92. The van der Waals surface area contributed by atoms with E-state index >= 15 is 4.39 Å². The fourth-order valence-electron chi connectivity index (χ4n) is 4.68. The highest BCUT2D eigenvalue weighted by Gasteiger charge is 2.36. The molecule has 0 bridgehead atoms. The first-order chi connectivity index (χ1) is 20.2. The van der Waals surface area contributed by atoms with Crippen molar-refractivity contribution >= 4 is 29.8 Å². The summed E-state index contributed by atoms with van der Waals surface area (Å²) in [6.07, 6.45) is 0.199. The van der Waals surface area contributed by atoms with Crippen LogP contribution in [-0.4, -0.2) is 41.0 Å². The summed E-state index contributed by atoms with van der Waals surface area (Å²) in [5.74, 6) is -1.37. The largest absolute Gasteiger partial charge is 0.444 e. The van der Waals surface area contributed by atoms with Crippen molar-refractivity contribution in [3.63, 3.8) is 0 Å². The zero-order valence-corrected chi connectivity index (χ0v) is 25.5. The van der Waals surface area contributed by atoms with Gasteiger partial charge in [0, 0.05) is 19.2 Å². The van der Waals surface area contributed by atoms with Crippen LogP contribution in [0.1, 0.15) is 70.2 Å². The Morgan fingerprint density at radius 3 is 2.16 bits per heavy atom. The third-order valence-electron chi connectivity index (χ3n) is 6.47. The minimum Gasteiger partial charge on any atom is -0.444 e. The van der Waals surface area contributed by atoms with Crippen LogP contribution in [-0.2, 0) is 33.7 Å². The number of imide groups is 1. The molecule has 0 aliphatic carbocycles. The second-order valence-electron chi connectivity index (χ2n) is 12.3. The summed E-state index contributed by atoms with van der Waals surface area (Å²) < 4.78 is 32.5. The second-order valence-corrected chi connectivity index (χ2v) is 12.3. The predicted molar refractivity (Wildman–Crippen MR) is 161 cm³/mol. The van der Waals surface area contributed by atoms with Crippen molar-refractivity contribution in [2.45, 2.75) is 78.6 Å². The van der Waals surface area contributed by atoms with Crippen molar-refractivity contribution in [1.82, 2.24) is 4.98 Å². The molecule has 1 aliphatic rings. The molecule has 228 valence electrons. The lowest BCUT2D eigenvalue weighted by Crippen LogP contribution is -2.44. The number of aromatic nitrogens is 1. The fraction of sp³-hybridized carbons (Fsp3) is 0.394. The molecule has 4 rings (SSSR count). The highest BCUT2D eigenvalue weighted by Crippen LogP contribution is 2.33. The smallest absolute Gasteiger partial charge is 0.425 e. The standard InChI is InChI=1S/C33H38FN3O6/c1-32(2,3)42-30(39)37(31(40)43-33(4,5)6)28-27(34)24(17-18-35-28)20-23-14-10-16-26-25(23)15-11-19-36(26)29(38)41-21-22-12-8-7-9-13-22/h7-10,12-14,16-18H,11,15,19-21H2,1-6H3. The molecule has 3 amide bonds. The Kier molecular flexibility index (Phi) is 9.37. The minimum atomic E-state index is -1.10. The van der Waals surface area contributed by atoms with Crippen molar-refractivity contribution in [2.24, 2.45) is 0 Å². The molecular formula is C33H38FN3O6. The van der Waals surface area contributed by atoms with Crippen LogP contribution >= 0.6 is 0 Å². The normalized spacial score (nSPS) is 13.1. The van der Waals surface area contributed by atoms with Crippen LogP contribution in [0.2, 0.25) is 0 Å². The summed E-state index contributed by atoms with van der Waals surface area (Å²) in [6, 6.07) is 16.5. The van der Waals surface area contributed by atoms with Crippen molar-refractivity contribution in [3.05, 3.63) is 88.9 Å². The van der Waals surface area contributed by atoms with Gasteiger partial charge in [-0.3, -0.25) is 4.90 Å². The maximum Gasteiger partial charge on any atom is 0.425 e. The van der Waals surface area contributed by atoms with Gasteiger partial charge in [0.05, 0.1) is 5.69 Å². The number of anilines is 2. The van der Waals surface area contributed by atoms with Gasteiger partial charge >= 0.3 is 18.3 Å². The maximum atomic E-state index is 16.1. The first-order valence-electron chi connectivity index (χ1n) is 14.2. The molecule has 9 nitrogen and oxygen atoms in total. The predicted octanol–water partition coefficient (Wildman–Crippen LogP) is 7.58. The van der Waals surface area contributed by atoms with Crippen molar-refractivity contribution in [2.75, 3.05) is 16.3 Å². The number of benzene rings is 2. The van der Waals surface area contributed by atoms with Gasteiger partial charge in [-0.15, -0.1) is 0 Å². The van der Waals surface area contributed by atoms with Gasteiger partial charge in [-0.25, -0.2) is 23.8 Å². The Morgan fingerprint density at radius 2 is 1.53 bits per heavy atom. The molecule has 0 saturated heterocycles. The molecule has 3 aromatic rings. The van der Waals surface area contributed by atoms with Gasteiger partial charge in [0.2, 0.25) is 0 Å². The van der Waals surface area contributed by atoms with E-state index in [1.54, 1.807) is 46.4 Å². The SMILES string of the molecule is CC(C)(C)OC(=O)N(C(=O)OC(C)(C)C)c1nccc(Cc2cccc3c2CCCN3C(=O)OCc2ccccc2)c1F. The molecule has 1 aliphatic heterocycles. The van der Waals surface area contributed by atoms with Gasteiger partial charge in [0.15, 0.2) is 11.6 Å². The van der Waals surface area contributed by atoms with Crippen molar-refractivity contribution < 1.29 is 33.0 Å². The molecule has 0 fully saturated rings. The summed E-state index contributed by atoms with van der Waals surface area (Å²) >= 11 is 0. The van der Waals surface area contributed by atoms with E-state index in [2.05, 4.69) is 4.98 Å². The van der Waals surface area contributed by atoms with E-state index in [1.807, 2.05) is 48.5 Å². The number of pyridine rings is 1. The number of rotatable bonds is 5. The van der Waals surface area contributed by atoms with Crippen LogP contribution in [0.25, 0.3) is 0 Å². The van der Waals surface area contributed by atoms with Gasteiger partial charge in [0.25, 0.3) is 0 Å². The third-order valence-corrected chi connectivity index (χ3v) is 6.47. The molecule has 0 unspecified atom stereocenters. The van der Waals surface area contributed by atoms with Crippen LogP contribution in [0.4, 0.5) is 30.3 Å². The van der Waals surface area contributed by atoms with E-state index in [9.17, 15) is 14.4 Å². The Morgan fingerprint density at radius 1 is 0.884 bits per heavy atom. The molecule has 10 heteroatoms. The molecule has 0 spiro atoms. The molecule has 0 atom stereocenters. The number of carbonyl (C=O) groups excluding carboxylic acids is 3. The van der Waals surface area contributed by atoms with E-state index in [4.69, 9.17) is 14.2 Å². The van der Waals surface area contributed by atoms with Gasteiger partial charge in [-0.05, 0) is 88.8 Å². The van der Waals surface area contributed by atoms with Gasteiger partial charge in [0.1, 0.15) is 17.8 Å². The molecule has 0 radical (unpaired) electrons. The zero-order valence-electron chi connectivity index (χ0n) is 25.5. The number of hydrogen-bond donors (Lipinski definition) is 0. The maximum absolute atomic E-state index is 16.1. The summed E-state index contributed by atoms with van der Waals surface area (Å²) in [4.78, 5) is 45.3. The zero-order chi connectivity index (χ0) is 31.4. The Hall–Kier alpha value is -4.47. The van der Waals surface area contributed by atoms with Crippen LogP contribution in [0.5, 0.6) is 0 Å². The summed E-state index contributed by atoms with van der Waals surface area (Å²) in [7, 11) is 0. The third kappa shape index (κ3) is 8.09. The van der Waals surface area contributed by atoms with E-state index in [-0.39, 0.29) is 18.6 Å². The lowest BCUT2D eigenvalue weighted by molar-refractivity contribution is 0.0427. The van der Waals surface area contributed by atoms with E-state index in [0.717, 1.165) is 16.7 Å². The molecule has 2 aromatic carbocycles. The molecule has 2 heterocycles. The number of nitrogens with zero attached hydrogens (tertiary/aromatic N) is 3. The van der Waals surface area contributed by atoms with Crippen molar-refractivity contribution in [1.29, 1.82) is 0 Å². The minimum absolute atomic E-state index is 0.133. The molecule has 1 aromatic heterocycles. The number of hydrogen-bond acceptors (Lipinski definition) is 7. The summed E-state index contributed by atoms with van der Waals surface area (Å²) in [5.41, 5.74) is 1.60. The highest BCUT2D eigenvalue weighted by molar-refractivity contribution is 6.08. The average molecular weight is 592 g/mol. The topological polar surface area (TPSA) is 98.3 Å². The van der Waals surface area contributed by atoms with Crippen LogP contribution in [0.3, 0.4) is 0 Å². The van der Waals surface area contributed by atoms with Crippen molar-refractivity contribution in [3.8, 4) is 0 Å². The van der Waals surface area contributed by atoms with Gasteiger partial charge < -0.3 is 14.2 Å².